The summed E-state index contributed by atoms with van der Waals surface area (Å²) in [7, 11) is 0. The quantitative estimate of drug-likeness (QED) is 0.638. The van der Waals surface area contributed by atoms with E-state index in [0.717, 1.165) is 48.2 Å². The Hall–Kier alpha value is -2.66. The first-order valence-electron chi connectivity index (χ1n) is 10.9. The van der Waals surface area contributed by atoms with Crippen molar-refractivity contribution in [1.82, 2.24) is 10.2 Å². The molecule has 0 amide bonds. The number of nitrogens with zero attached hydrogens (tertiary/aromatic N) is 3. The molecule has 1 atom stereocenters. The molecule has 1 aromatic heterocycles. The molecule has 3 N–H and O–H groups in total. The SMILES string of the molecule is Cc1cccc([C@@H](C)Nc2nnc(C)c3ccc(N4CCC(C)(N)CC4)cc23)c1C. The highest BCUT2D eigenvalue weighted by Gasteiger charge is 2.26. The second-order valence-electron chi connectivity index (χ2n) is 9.16. The van der Waals surface area contributed by atoms with Crippen LogP contribution in [0.25, 0.3) is 10.8 Å². The van der Waals surface area contributed by atoms with Crippen molar-refractivity contribution < 1.29 is 0 Å². The first-order valence-corrected chi connectivity index (χ1v) is 10.9. The number of piperidine rings is 1. The van der Waals surface area contributed by atoms with Crippen molar-refractivity contribution in [2.75, 3.05) is 23.3 Å². The highest BCUT2D eigenvalue weighted by atomic mass is 15.2. The Labute approximate surface area is 179 Å². The van der Waals surface area contributed by atoms with Crippen molar-refractivity contribution >= 4 is 22.3 Å². The molecular weight excluding hydrogens is 370 g/mol. The van der Waals surface area contributed by atoms with Crippen LogP contribution in [0.2, 0.25) is 0 Å². The maximum Gasteiger partial charge on any atom is 0.157 e. The normalized spacial score (nSPS) is 17.2. The van der Waals surface area contributed by atoms with Gasteiger partial charge in [-0.2, -0.15) is 5.10 Å². The van der Waals surface area contributed by atoms with Gasteiger partial charge in [0, 0.05) is 35.1 Å². The molecule has 0 bridgehead atoms. The molecule has 30 heavy (non-hydrogen) atoms. The fourth-order valence-electron chi connectivity index (χ4n) is 4.38. The molecule has 0 unspecified atom stereocenters. The summed E-state index contributed by atoms with van der Waals surface area (Å²) in [5, 5.41) is 14.8. The van der Waals surface area contributed by atoms with Crippen LogP contribution in [0.1, 0.15) is 55.1 Å². The van der Waals surface area contributed by atoms with Gasteiger partial charge in [0.05, 0.1) is 11.7 Å². The summed E-state index contributed by atoms with van der Waals surface area (Å²) < 4.78 is 0. The molecule has 1 saturated heterocycles. The number of nitrogens with one attached hydrogen (secondary N) is 1. The van der Waals surface area contributed by atoms with E-state index in [4.69, 9.17) is 5.73 Å². The Kier molecular flexibility index (Phi) is 5.41. The van der Waals surface area contributed by atoms with Gasteiger partial charge in [0.15, 0.2) is 5.82 Å². The van der Waals surface area contributed by atoms with Crippen molar-refractivity contribution in [3.05, 3.63) is 58.8 Å². The molecule has 3 aromatic rings. The predicted molar refractivity (Wildman–Crippen MR) is 126 cm³/mol. The van der Waals surface area contributed by atoms with E-state index in [1.54, 1.807) is 0 Å². The second-order valence-corrected chi connectivity index (χ2v) is 9.16. The lowest BCUT2D eigenvalue weighted by molar-refractivity contribution is 0.364. The van der Waals surface area contributed by atoms with E-state index in [1.807, 2.05) is 6.92 Å². The summed E-state index contributed by atoms with van der Waals surface area (Å²) >= 11 is 0. The second kappa shape index (κ2) is 7.88. The zero-order chi connectivity index (χ0) is 21.5. The largest absolute Gasteiger partial charge is 0.371 e. The third-order valence-electron chi connectivity index (χ3n) is 6.69. The number of anilines is 2. The molecule has 5 nitrogen and oxygen atoms in total. The van der Waals surface area contributed by atoms with Gasteiger partial charge in [-0.15, -0.1) is 5.10 Å². The lowest BCUT2D eigenvalue weighted by Gasteiger charge is -2.38. The third kappa shape index (κ3) is 3.99. The average molecular weight is 404 g/mol. The van der Waals surface area contributed by atoms with Crippen molar-refractivity contribution in [3.8, 4) is 0 Å². The number of fused-ring (bicyclic) bond motifs is 1. The van der Waals surface area contributed by atoms with Crippen LogP contribution in [-0.2, 0) is 0 Å². The highest BCUT2D eigenvalue weighted by molar-refractivity contribution is 5.95. The van der Waals surface area contributed by atoms with Crippen molar-refractivity contribution in [1.29, 1.82) is 0 Å². The smallest absolute Gasteiger partial charge is 0.157 e. The first kappa shape index (κ1) is 20.6. The van der Waals surface area contributed by atoms with Gasteiger partial charge >= 0.3 is 0 Å². The Bertz CT molecular complexity index is 1060. The summed E-state index contributed by atoms with van der Waals surface area (Å²) in [4.78, 5) is 2.43. The maximum absolute atomic E-state index is 6.33. The topological polar surface area (TPSA) is 67.1 Å². The number of hydrogen-bond donors (Lipinski definition) is 2. The van der Waals surface area contributed by atoms with Gasteiger partial charge in [0.1, 0.15) is 0 Å². The van der Waals surface area contributed by atoms with Gasteiger partial charge in [-0.1, -0.05) is 24.3 Å². The van der Waals surface area contributed by atoms with E-state index in [1.165, 1.54) is 22.4 Å². The third-order valence-corrected chi connectivity index (χ3v) is 6.69. The molecule has 2 aromatic carbocycles. The minimum Gasteiger partial charge on any atom is -0.371 e. The van der Waals surface area contributed by atoms with E-state index < -0.39 is 0 Å². The van der Waals surface area contributed by atoms with Crippen LogP contribution in [0.4, 0.5) is 11.5 Å². The van der Waals surface area contributed by atoms with Crippen LogP contribution in [-0.4, -0.2) is 28.8 Å². The van der Waals surface area contributed by atoms with Gasteiger partial charge < -0.3 is 16.0 Å². The zero-order valence-electron chi connectivity index (χ0n) is 18.8. The van der Waals surface area contributed by atoms with Crippen LogP contribution in [0.5, 0.6) is 0 Å². The Morgan fingerprint density at radius 2 is 1.77 bits per heavy atom. The van der Waals surface area contributed by atoms with E-state index >= 15 is 0 Å². The monoisotopic (exact) mass is 403 g/mol. The van der Waals surface area contributed by atoms with Gasteiger partial charge in [-0.05, 0) is 76.3 Å². The minimum atomic E-state index is -0.0523. The standard InChI is InChI=1S/C25H33N5/c1-16-7-6-8-21(17(16)2)18(3)27-24-23-15-20(9-10-22(23)19(4)28-29-24)30-13-11-25(5,26)12-14-30/h6-10,15,18H,11-14,26H2,1-5H3,(H,27,29)/t18-/m1/s1. The van der Waals surface area contributed by atoms with Crippen molar-refractivity contribution in [2.24, 2.45) is 5.73 Å². The van der Waals surface area contributed by atoms with Crippen LogP contribution in [0.15, 0.2) is 36.4 Å². The van der Waals surface area contributed by atoms with Crippen LogP contribution < -0.4 is 16.0 Å². The number of benzene rings is 2. The van der Waals surface area contributed by atoms with Gasteiger partial charge in [-0.3, -0.25) is 0 Å². The summed E-state index contributed by atoms with van der Waals surface area (Å²) in [6, 6.07) is 13.2. The Morgan fingerprint density at radius 3 is 2.50 bits per heavy atom. The lowest BCUT2D eigenvalue weighted by Crippen LogP contribution is -2.48. The van der Waals surface area contributed by atoms with Crippen molar-refractivity contribution in [2.45, 2.75) is 59.0 Å². The highest BCUT2D eigenvalue weighted by Crippen LogP contribution is 2.32. The Morgan fingerprint density at radius 1 is 1.03 bits per heavy atom. The summed E-state index contributed by atoms with van der Waals surface area (Å²) in [6.07, 6.45) is 2.01. The molecule has 1 fully saturated rings. The summed E-state index contributed by atoms with van der Waals surface area (Å²) in [6.45, 7) is 12.7. The molecule has 0 aliphatic carbocycles. The van der Waals surface area contributed by atoms with Gasteiger partial charge in [0.2, 0.25) is 0 Å². The number of nitrogens with two attached hydrogens (primary N) is 1. The average Bonchev–Trinajstić information content (AvgIpc) is 2.72. The van der Waals surface area contributed by atoms with Crippen LogP contribution in [0.3, 0.4) is 0 Å². The minimum absolute atomic E-state index is 0.0523. The van der Waals surface area contributed by atoms with Crippen molar-refractivity contribution in [3.63, 3.8) is 0 Å². The summed E-state index contributed by atoms with van der Waals surface area (Å²) in [5.74, 6) is 0.839. The molecule has 0 radical (unpaired) electrons. The van der Waals surface area contributed by atoms with Gasteiger partial charge in [-0.25, -0.2) is 0 Å². The fraction of sp³-hybridized carbons (Fsp3) is 0.440. The molecule has 158 valence electrons. The molecule has 2 heterocycles. The number of rotatable bonds is 4. The molecule has 0 spiro atoms. The molecule has 4 rings (SSSR count). The van der Waals surface area contributed by atoms with E-state index in [2.05, 4.69) is 84.5 Å². The van der Waals surface area contributed by atoms with E-state index in [-0.39, 0.29) is 11.6 Å². The zero-order valence-corrected chi connectivity index (χ0v) is 18.8. The maximum atomic E-state index is 6.33. The van der Waals surface area contributed by atoms with Crippen LogP contribution >= 0.6 is 0 Å². The van der Waals surface area contributed by atoms with Gasteiger partial charge in [0.25, 0.3) is 0 Å². The number of aryl methyl sites for hydroxylation is 2. The molecule has 0 saturated carbocycles. The molecule has 5 heteroatoms. The fourth-order valence-corrected chi connectivity index (χ4v) is 4.38. The number of hydrogen-bond acceptors (Lipinski definition) is 5. The predicted octanol–water partition coefficient (Wildman–Crippen LogP) is 5.05. The van der Waals surface area contributed by atoms with Crippen LogP contribution in [0, 0.1) is 20.8 Å². The number of aromatic nitrogens is 2. The molecule has 1 aliphatic heterocycles. The molecule has 1 aliphatic rings. The molecular formula is C25H33N5. The lowest BCUT2D eigenvalue weighted by atomic mass is 9.90. The first-order chi connectivity index (χ1) is 14.2. The Balaban J connectivity index is 1.68. The summed E-state index contributed by atoms with van der Waals surface area (Å²) in [5.41, 5.74) is 12.4. The van der Waals surface area contributed by atoms with E-state index in [0.29, 0.717) is 0 Å². The van der Waals surface area contributed by atoms with E-state index in [9.17, 15) is 0 Å².